The van der Waals surface area contributed by atoms with Crippen LogP contribution in [0.4, 0.5) is 0 Å². The van der Waals surface area contributed by atoms with Crippen LogP contribution >= 0.6 is 0 Å². The molecule has 2 aromatic rings. The standard InChI is InChI=1S/C12H10N2O2/c13-12(16)8-1-2-10-11-6(5-14-10)3-7(15)4-9(8)11/h1-2,5,14H,3-4H2,(H2,13,16). The van der Waals surface area contributed by atoms with E-state index in [1.807, 2.05) is 12.3 Å². The summed E-state index contributed by atoms with van der Waals surface area (Å²) < 4.78 is 0. The summed E-state index contributed by atoms with van der Waals surface area (Å²) in [7, 11) is 0. The summed E-state index contributed by atoms with van der Waals surface area (Å²) in [5, 5.41) is 0.996. The minimum absolute atomic E-state index is 0.127. The molecule has 3 rings (SSSR count). The highest BCUT2D eigenvalue weighted by molar-refractivity contribution is 6.06. The summed E-state index contributed by atoms with van der Waals surface area (Å²) in [6.07, 6.45) is 2.58. The van der Waals surface area contributed by atoms with E-state index in [2.05, 4.69) is 4.98 Å². The van der Waals surface area contributed by atoms with Gasteiger partial charge in [0, 0.05) is 35.5 Å². The fourth-order valence-corrected chi connectivity index (χ4v) is 2.40. The van der Waals surface area contributed by atoms with Crippen molar-refractivity contribution in [2.24, 2.45) is 5.73 Å². The molecule has 0 radical (unpaired) electrons. The maximum absolute atomic E-state index is 11.6. The number of nitrogens with two attached hydrogens (primary N) is 1. The van der Waals surface area contributed by atoms with Crippen molar-refractivity contribution in [1.82, 2.24) is 4.98 Å². The Morgan fingerprint density at radius 1 is 1.31 bits per heavy atom. The van der Waals surface area contributed by atoms with Crippen molar-refractivity contribution in [2.75, 3.05) is 0 Å². The van der Waals surface area contributed by atoms with Gasteiger partial charge in [-0.05, 0) is 23.3 Å². The molecular weight excluding hydrogens is 204 g/mol. The van der Waals surface area contributed by atoms with Crippen molar-refractivity contribution in [2.45, 2.75) is 12.8 Å². The number of nitrogens with one attached hydrogen (secondary N) is 1. The fraction of sp³-hybridized carbons (Fsp3) is 0.167. The van der Waals surface area contributed by atoms with Crippen LogP contribution in [0.5, 0.6) is 0 Å². The Morgan fingerprint density at radius 3 is 2.88 bits per heavy atom. The number of amides is 1. The summed E-state index contributed by atoms with van der Waals surface area (Å²) in [5.74, 6) is -0.346. The predicted octanol–water partition coefficient (Wildman–Crippen LogP) is 0.935. The largest absolute Gasteiger partial charge is 0.366 e. The molecule has 0 bridgehead atoms. The predicted molar refractivity (Wildman–Crippen MR) is 59.2 cm³/mol. The number of hydrogen-bond donors (Lipinski definition) is 2. The van der Waals surface area contributed by atoms with E-state index in [1.54, 1.807) is 6.07 Å². The van der Waals surface area contributed by atoms with Gasteiger partial charge >= 0.3 is 0 Å². The molecule has 1 aromatic carbocycles. The summed E-state index contributed by atoms with van der Waals surface area (Å²) in [6, 6.07) is 3.51. The molecule has 0 unspecified atom stereocenters. The third-order valence-corrected chi connectivity index (χ3v) is 3.06. The van der Waals surface area contributed by atoms with Crippen LogP contribution in [0.3, 0.4) is 0 Å². The monoisotopic (exact) mass is 214 g/mol. The third kappa shape index (κ3) is 1.10. The lowest BCUT2D eigenvalue weighted by atomic mass is 9.88. The van der Waals surface area contributed by atoms with E-state index in [0.717, 1.165) is 22.0 Å². The average molecular weight is 214 g/mol. The van der Waals surface area contributed by atoms with Gasteiger partial charge in [-0.1, -0.05) is 0 Å². The molecule has 4 nitrogen and oxygen atoms in total. The van der Waals surface area contributed by atoms with Crippen LogP contribution in [0.2, 0.25) is 0 Å². The first-order chi connectivity index (χ1) is 7.66. The topological polar surface area (TPSA) is 76.0 Å². The lowest BCUT2D eigenvalue weighted by Crippen LogP contribution is -2.19. The lowest BCUT2D eigenvalue weighted by molar-refractivity contribution is -0.117. The number of ketones is 1. The molecule has 0 spiro atoms. The molecule has 16 heavy (non-hydrogen) atoms. The molecule has 1 aliphatic carbocycles. The number of hydrogen-bond acceptors (Lipinski definition) is 2. The average Bonchev–Trinajstić information content (AvgIpc) is 2.62. The van der Waals surface area contributed by atoms with Crippen molar-refractivity contribution in [3.8, 4) is 0 Å². The number of aromatic nitrogens is 1. The van der Waals surface area contributed by atoms with Gasteiger partial charge in [-0.15, -0.1) is 0 Å². The highest BCUT2D eigenvalue weighted by atomic mass is 16.1. The van der Waals surface area contributed by atoms with Crippen molar-refractivity contribution in [1.29, 1.82) is 0 Å². The molecule has 3 N–H and O–H groups in total. The summed E-state index contributed by atoms with van der Waals surface area (Å²) in [5.41, 5.74) is 8.47. The number of carbonyl (C=O) groups excluding carboxylic acids is 2. The van der Waals surface area contributed by atoms with Crippen molar-refractivity contribution >= 4 is 22.6 Å². The lowest BCUT2D eigenvalue weighted by Gasteiger charge is -2.14. The molecule has 0 fully saturated rings. The molecule has 4 heteroatoms. The molecule has 1 heterocycles. The molecule has 0 saturated carbocycles. The number of benzene rings is 1. The first-order valence-corrected chi connectivity index (χ1v) is 5.10. The minimum atomic E-state index is -0.473. The second kappa shape index (κ2) is 2.95. The molecular formula is C12H10N2O2. The zero-order valence-electron chi connectivity index (χ0n) is 8.54. The van der Waals surface area contributed by atoms with Crippen LogP contribution in [0.1, 0.15) is 21.5 Å². The molecule has 0 atom stereocenters. The quantitative estimate of drug-likeness (QED) is 0.741. The summed E-state index contributed by atoms with van der Waals surface area (Å²) in [6.45, 7) is 0. The van der Waals surface area contributed by atoms with Crippen molar-refractivity contribution in [3.05, 3.63) is 35.0 Å². The fourth-order valence-electron chi connectivity index (χ4n) is 2.40. The molecule has 0 aliphatic heterocycles. The molecule has 0 saturated heterocycles. The minimum Gasteiger partial charge on any atom is -0.366 e. The Labute approximate surface area is 91.4 Å². The number of aromatic amines is 1. The van der Waals surface area contributed by atoms with E-state index in [-0.39, 0.29) is 5.78 Å². The smallest absolute Gasteiger partial charge is 0.249 e. The van der Waals surface area contributed by atoms with E-state index in [0.29, 0.717) is 18.4 Å². The zero-order valence-corrected chi connectivity index (χ0v) is 8.54. The Hall–Kier alpha value is -2.10. The van der Waals surface area contributed by atoms with Gasteiger partial charge in [0.1, 0.15) is 5.78 Å². The van der Waals surface area contributed by atoms with Crippen LogP contribution in [0, 0.1) is 0 Å². The van der Waals surface area contributed by atoms with E-state index in [9.17, 15) is 9.59 Å². The first kappa shape index (κ1) is 9.15. The van der Waals surface area contributed by atoms with Gasteiger partial charge in [-0.3, -0.25) is 9.59 Å². The summed E-state index contributed by atoms with van der Waals surface area (Å²) in [4.78, 5) is 26.0. The van der Waals surface area contributed by atoms with Crippen LogP contribution in [0.25, 0.3) is 10.9 Å². The Bertz CT molecular complexity index is 625. The Morgan fingerprint density at radius 2 is 2.12 bits per heavy atom. The van der Waals surface area contributed by atoms with Gasteiger partial charge in [0.15, 0.2) is 0 Å². The molecule has 1 aliphatic rings. The van der Waals surface area contributed by atoms with Gasteiger partial charge in [0.2, 0.25) is 5.91 Å². The maximum atomic E-state index is 11.6. The number of H-pyrrole nitrogens is 1. The SMILES string of the molecule is NC(=O)c1ccc2[nH]cc3c2c1CC(=O)C3. The summed E-state index contributed by atoms with van der Waals surface area (Å²) >= 11 is 0. The molecule has 1 aromatic heterocycles. The van der Waals surface area contributed by atoms with Crippen LogP contribution in [0.15, 0.2) is 18.3 Å². The normalized spacial score (nSPS) is 14.4. The van der Waals surface area contributed by atoms with Gasteiger partial charge in [0.05, 0.1) is 0 Å². The second-order valence-corrected chi connectivity index (χ2v) is 4.08. The number of rotatable bonds is 1. The third-order valence-electron chi connectivity index (χ3n) is 3.06. The van der Waals surface area contributed by atoms with Crippen LogP contribution in [-0.4, -0.2) is 16.7 Å². The van der Waals surface area contributed by atoms with E-state index in [1.165, 1.54) is 0 Å². The van der Waals surface area contributed by atoms with Crippen molar-refractivity contribution < 1.29 is 9.59 Å². The Balaban J connectivity index is 2.42. The van der Waals surface area contributed by atoms with E-state index >= 15 is 0 Å². The first-order valence-electron chi connectivity index (χ1n) is 5.10. The Kier molecular flexibility index (Phi) is 1.68. The van der Waals surface area contributed by atoms with Gasteiger partial charge in [0.25, 0.3) is 0 Å². The van der Waals surface area contributed by atoms with Crippen molar-refractivity contribution in [3.63, 3.8) is 0 Å². The van der Waals surface area contributed by atoms with E-state index in [4.69, 9.17) is 5.73 Å². The highest BCUT2D eigenvalue weighted by Crippen LogP contribution is 2.30. The number of primary amides is 1. The van der Waals surface area contributed by atoms with Crippen LogP contribution < -0.4 is 5.73 Å². The highest BCUT2D eigenvalue weighted by Gasteiger charge is 2.23. The van der Waals surface area contributed by atoms with Gasteiger partial charge < -0.3 is 10.7 Å². The molecule has 80 valence electrons. The zero-order chi connectivity index (χ0) is 11.3. The number of Topliss-reactive ketones (excluding diaryl/α,β-unsaturated/α-hetero) is 1. The van der Waals surface area contributed by atoms with Gasteiger partial charge in [-0.25, -0.2) is 0 Å². The van der Waals surface area contributed by atoms with Gasteiger partial charge in [-0.2, -0.15) is 0 Å². The number of carbonyl (C=O) groups is 2. The van der Waals surface area contributed by atoms with Crippen LogP contribution in [-0.2, 0) is 17.6 Å². The molecule has 1 amide bonds. The maximum Gasteiger partial charge on any atom is 0.249 e. The second-order valence-electron chi connectivity index (χ2n) is 4.08. The van der Waals surface area contributed by atoms with E-state index < -0.39 is 5.91 Å².